The van der Waals surface area contributed by atoms with Gasteiger partial charge in [-0.2, -0.15) is 0 Å². The van der Waals surface area contributed by atoms with Gasteiger partial charge < -0.3 is 20.3 Å². The van der Waals surface area contributed by atoms with Gasteiger partial charge in [0.15, 0.2) is 0 Å². The minimum Gasteiger partial charge on any atom is -0.366 e. The van der Waals surface area contributed by atoms with Gasteiger partial charge in [-0.3, -0.25) is 9.59 Å². The predicted octanol–water partition coefficient (Wildman–Crippen LogP) is 0.161. The Labute approximate surface area is 127 Å². The van der Waals surface area contributed by atoms with E-state index in [2.05, 4.69) is 10.6 Å². The van der Waals surface area contributed by atoms with Crippen molar-refractivity contribution >= 4 is 24.2 Å². The molecule has 0 saturated carbocycles. The highest BCUT2D eigenvalue weighted by Crippen LogP contribution is 2.03. The third kappa shape index (κ3) is 6.54. The van der Waals surface area contributed by atoms with E-state index in [1.165, 1.54) is 0 Å². The molecule has 0 bridgehead atoms. The van der Waals surface area contributed by atoms with Crippen LogP contribution in [0.3, 0.4) is 0 Å². The number of amides is 2. The summed E-state index contributed by atoms with van der Waals surface area (Å²) in [7, 11) is 0. The van der Waals surface area contributed by atoms with Gasteiger partial charge in [-0.15, -0.1) is 12.4 Å². The van der Waals surface area contributed by atoms with Gasteiger partial charge in [0.2, 0.25) is 5.91 Å². The van der Waals surface area contributed by atoms with Crippen LogP contribution in [-0.2, 0) is 14.3 Å². The standard InChI is InChI=1S/C13H25N3O3.ClH/c1-3-5-15-12(17)10-16(7-4-2)13(18)11-9-14-6-8-19-11;/h11,14H,3-10H2,1-2H3,(H,15,17);1H. The van der Waals surface area contributed by atoms with Crippen LogP contribution >= 0.6 is 12.4 Å². The zero-order chi connectivity index (χ0) is 14.1. The predicted molar refractivity (Wildman–Crippen MR) is 80.0 cm³/mol. The average Bonchev–Trinajstić information content (AvgIpc) is 2.45. The van der Waals surface area contributed by atoms with Gasteiger partial charge in [0.25, 0.3) is 5.91 Å². The summed E-state index contributed by atoms with van der Waals surface area (Å²) < 4.78 is 5.44. The van der Waals surface area contributed by atoms with Crippen LogP contribution in [0.4, 0.5) is 0 Å². The molecule has 1 saturated heterocycles. The topological polar surface area (TPSA) is 70.7 Å². The lowest BCUT2D eigenvalue weighted by Crippen LogP contribution is -2.51. The summed E-state index contributed by atoms with van der Waals surface area (Å²) in [6.07, 6.45) is 1.26. The van der Waals surface area contributed by atoms with E-state index >= 15 is 0 Å². The van der Waals surface area contributed by atoms with Gasteiger partial charge in [-0.1, -0.05) is 13.8 Å². The number of morpholine rings is 1. The summed E-state index contributed by atoms with van der Waals surface area (Å²) >= 11 is 0. The van der Waals surface area contributed by atoms with Gasteiger partial charge in [0, 0.05) is 26.2 Å². The SMILES string of the molecule is CCCNC(=O)CN(CCC)C(=O)C1CNCCO1.Cl. The first-order chi connectivity index (χ1) is 9.19. The van der Waals surface area contributed by atoms with E-state index in [1.54, 1.807) is 4.90 Å². The Balaban J connectivity index is 0.00000361. The maximum absolute atomic E-state index is 12.3. The van der Waals surface area contributed by atoms with Crippen LogP contribution in [0.2, 0.25) is 0 Å². The molecule has 2 amide bonds. The normalized spacial score (nSPS) is 18.0. The van der Waals surface area contributed by atoms with E-state index in [9.17, 15) is 9.59 Å². The molecule has 1 unspecified atom stereocenters. The number of carbonyl (C=O) groups excluding carboxylic acids is 2. The lowest BCUT2D eigenvalue weighted by atomic mass is 10.2. The molecule has 7 heteroatoms. The molecule has 20 heavy (non-hydrogen) atoms. The number of nitrogens with zero attached hydrogens (tertiary/aromatic N) is 1. The Morgan fingerprint density at radius 3 is 2.65 bits per heavy atom. The first-order valence-electron chi connectivity index (χ1n) is 7.06. The molecular formula is C13H26ClN3O3. The largest absolute Gasteiger partial charge is 0.366 e. The second-order valence-electron chi connectivity index (χ2n) is 4.67. The van der Waals surface area contributed by atoms with Gasteiger partial charge in [-0.25, -0.2) is 0 Å². The van der Waals surface area contributed by atoms with Crippen molar-refractivity contribution < 1.29 is 14.3 Å². The monoisotopic (exact) mass is 307 g/mol. The molecule has 2 N–H and O–H groups in total. The molecule has 6 nitrogen and oxygen atoms in total. The van der Waals surface area contributed by atoms with Gasteiger partial charge in [-0.05, 0) is 12.8 Å². The fraction of sp³-hybridized carbons (Fsp3) is 0.846. The molecule has 0 aromatic heterocycles. The molecule has 1 aliphatic heterocycles. The lowest BCUT2D eigenvalue weighted by Gasteiger charge is -2.29. The number of hydrogen-bond donors (Lipinski definition) is 2. The van der Waals surface area contributed by atoms with Crippen LogP contribution in [0.15, 0.2) is 0 Å². The maximum Gasteiger partial charge on any atom is 0.253 e. The number of carbonyl (C=O) groups is 2. The van der Waals surface area contributed by atoms with E-state index in [4.69, 9.17) is 4.74 Å². The van der Waals surface area contributed by atoms with Crippen molar-refractivity contribution in [2.75, 3.05) is 39.3 Å². The fourth-order valence-electron chi connectivity index (χ4n) is 1.96. The minimum atomic E-state index is -0.459. The Morgan fingerprint density at radius 1 is 1.35 bits per heavy atom. The van der Waals surface area contributed by atoms with Gasteiger partial charge in [0.1, 0.15) is 6.10 Å². The molecule has 1 fully saturated rings. The highest BCUT2D eigenvalue weighted by atomic mass is 35.5. The summed E-state index contributed by atoms with van der Waals surface area (Å²) in [5.41, 5.74) is 0. The van der Waals surface area contributed by atoms with Crippen LogP contribution in [-0.4, -0.2) is 62.1 Å². The Kier molecular flexibility index (Phi) is 10.4. The first kappa shape index (κ1) is 19.1. The number of rotatable bonds is 7. The fourth-order valence-corrected chi connectivity index (χ4v) is 1.96. The molecule has 118 valence electrons. The average molecular weight is 308 g/mol. The van der Waals surface area contributed by atoms with E-state index in [0.717, 1.165) is 19.4 Å². The first-order valence-corrected chi connectivity index (χ1v) is 7.06. The van der Waals surface area contributed by atoms with Crippen LogP contribution in [0, 0.1) is 0 Å². The second kappa shape index (κ2) is 10.9. The summed E-state index contributed by atoms with van der Waals surface area (Å²) in [4.78, 5) is 25.6. The summed E-state index contributed by atoms with van der Waals surface area (Å²) in [5, 5.41) is 5.92. The third-order valence-corrected chi connectivity index (χ3v) is 2.91. The van der Waals surface area contributed by atoms with Crippen LogP contribution in [0.25, 0.3) is 0 Å². The van der Waals surface area contributed by atoms with Crippen molar-refractivity contribution in [1.29, 1.82) is 0 Å². The quantitative estimate of drug-likeness (QED) is 0.703. The van der Waals surface area contributed by atoms with Crippen molar-refractivity contribution in [3.05, 3.63) is 0 Å². The van der Waals surface area contributed by atoms with E-state index in [-0.39, 0.29) is 30.8 Å². The summed E-state index contributed by atoms with van der Waals surface area (Å²) in [5.74, 6) is -0.201. The lowest BCUT2D eigenvalue weighted by molar-refractivity contribution is -0.147. The molecule has 1 aliphatic rings. The van der Waals surface area contributed by atoms with E-state index in [0.29, 0.717) is 26.2 Å². The molecule has 1 atom stereocenters. The Morgan fingerprint density at radius 2 is 2.10 bits per heavy atom. The maximum atomic E-state index is 12.3. The molecule has 1 heterocycles. The molecule has 0 aromatic carbocycles. The van der Waals surface area contributed by atoms with Crippen molar-refractivity contribution in [2.45, 2.75) is 32.8 Å². The van der Waals surface area contributed by atoms with Crippen LogP contribution < -0.4 is 10.6 Å². The van der Waals surface area contributed by atoms with Crippen LogP contribution in [0.5, 0.6) is 0 Å². The highest BCUT2D eigenvalue weighted by molar-refractivity contribution is 5.87. The van der Waals surface area contributed by atoms with Crippen molar-refractivity contribution in [2.24, 2.45) is 0 Å². The molecule has 1 rings (SSSR count). The van der Waals surface area contributed by atoms with Crippen molar-refractivity contribution in [3.8, 4) is 0 Å². The van der Waals surface area contributed by atoms with E-state index < -0.39 is 6.10 Å². The zero-order valence-corrected chi connectivity index (χ0v) is 13.1. The molecule has 0 aliphatic carbocycles. The molecular weight excluding hydrogens is 282 g/mol. The van der Waals surface area contributed by atoms with Crippen molar-refractivity contribution in [3.63, 3.8) is 0 Å². The summed E-state index contributed by atoms with van der Waals surface area (Å²) in [6.45, 7) is 7.17. The molecule has 0 aromatic rings. The molecule has 0 radical (unpaired) electrons. The number of ether oxygens (including phenoxy) is 1. The highest BCUT2D eigenvalue weighted by Gasteiger charge is 2.27. The zero-order valence-electron chi connectivity index (χ0n) is 12.3. The van der Waals surface area contributed by atoms with Gasteiger partial charge >= 0.3 is 0 Å². The second-order valence-corrected chi connectivity index (χ2v) is 4.67. The molecule has 0 spiro atoms. The number of hydrogen-bond acceptors (Lipinski definition) is 4. The Hall–Kier alpha value is -0.850. The Bertz CT molecular complexity index is 297. The third-order valence-electron chi connectivity index (χ3n) is 2.91. The van der Waals surface area contributed by atoms with Crippen molar-refractivity contribution in [1.82, 2.24) is 15.5 Å². The summed E-state index contributed by atoms with van der Waals surface area (Å²) in [6, 6.07) is 0. The minimum absolute atomic E-state index is 0. The number of nitrogens with one attached hydrogen (secondary N) is 2. The van der Waals surface area contributed by atoms with Crippen LogP contribution in [0.1, 0.15) is 26.7 Å². The van der Waals surface area contributed by atoms with Gasteiger partial charge in [0.05, 0.1) is 13.2 Å². The number of halogens is 1. The van der Waals surface area contributed by atoms with E-state index in [1.807, 2.05) is 13.8 Å². The smallest absolute Gasteiger partial charge is 0.253 e.